The first kappa shape index (κ1) is 17.5. The highest BCUT2D eigenvalue weighted by Crippen LogP contribution is 2.17. The molecule has 4 nitrogen and oxygen atoms in total. The molecule has 4 heteroatoms. The fourth-order valence-corrected chi connectivity index (χ4v) is 2.24. The summed E-state index contributed by atoms with van der Waals surface area (Å²) in [5.74, 6) is 0.0140. The molecule has 0 aliphatic carbocycles. The highest BCUT2D eigenvalue weighted by Gasteiger charge is 2.20. The summed E-state index contributed by atoms with van der Waals surface area (Å²) in [5, 5.41) is 2.94. The van der Waals surface area contributed by atoms with Crippen LogP contribution in [0.5, 0.6) is 0 Å². The number of hydrogen-bond acceptors (Lipinski definition) is 3. The number of anilines is 2. The van der Waals surface area contributed by atoms with Gasteiger partial charge in [-0.05, 0) is 45.0 Å². The summed E-state index contributed by atoms with van der Waals surface area (Å²) in [6.45, 7) is 8.26. The second-order valence-electron chi connectivity index (χ2n) is 5.50. The van der Waals surface area contributed by atoms with Crippen molar-refractivity contribution < 1.29 is 4.79 Å². The standard InChI is InChI=1S/C17H29N3O/c1-4-6-12-20(13-7-5-2)14(3)17(21)19-16-11-9-8-10-15(16)18/h8-11,14H,4-7,12-13,18H2,1-3H3,(H,19,21). The molecule has 1 atom stereocenters. The maximum atomic E-state index is 12.4. The molecular formula is C17H29N3O. The Balaban J connectivity index is 2.66. The molecule has 0 radical (unpaired) electrons. The van der Waals surface area contributed by atoms with Crippen LogP contribution in [0.3, 0.4) is 0 Å². The fraction of sp³-hybridized carbons (Fsp3) is 0.588. The van der Waals surface area contributed by atoms with Gasteiger partial charge in [-0.2, -0.15) is 0 Å². The molecule has 1 amide bonds. The lowest BCUT2D eigenvalue weighted by atomic mass is 10.2. The molecule has 1 aromatic carbocycles. The third-order valence-electron chi connectivity index (χ3n) is 3.74. The summed E-state index contributed by atoms with van der Waals surface area (Å²) >= 11 is 0. The quantitative estimate of drug-likeness (QED) is 0.685. The topological polar surface area (TPSA) is 58.4 Å². The van der Waals surface area contributed by atoms with Crippen molar-refractivity contribution in [1.29, 1.82) is 0 Å². The van der Waals surface area contributed by atoms with Gasteiger partial charge in [0.25, 0.3) is 0 Å². The van der Waals surface area contributed by atoms with E-state index in [4.69, 9.17) is 5.73 Å². The van der Waals surface area contributed by atoms with Crippen LogP contribution in [0.25, 0.3) is 0 Å². The number of hydrogen-bond donors (Lipinski definition) is 2. The van der Waals surface area contributed by atoms with Crippen LogP contribution in [0.15, 0.2) is 24.3 Å². The second-order valence-corrected chi connectivity index (χ2v) is 5.50. The van der Waals surface area contributed by atoms with Gasteiger partial charge in [-0.3, -0.25) is 9.69 Å². The molecule has 1 rings (SSSR count). The van der Waals surface area contributed by atoms with Crippen molar-refractivity contribution >= 4 is 17.3 Å². The van der Waals surface area contributed by atoms with Gasteiger partial charge in [0.05, 0.1) is 17.4 Å². The Morgan fingerprint density at radius 3 is 2.29 bits per heavy atom. The first-order valence-electron chi connectivity index (χ1n) is 7.99. The molecule has 0 heterocycles. The van der Waals surface area contributed by atoms with Crippen molar-refractivity contribution in [3.05, 3.63) is 24.3 Å². The number of nitrogen functional groups attached to an aromatic ring is 1. The molecule has 0 saturated carbocycles. The molecule has 0 bridgehead atoms. The number of para-hydroxylation sites is 2. The fourth-order valence-electron chi connectivity index (χ4n) is 2.24. The molecule has 0 spiro atoms. The normalized spacial score (nSPS) is 12.4. The van der Waals surface area contributed by atoms with Crippen LogP contribution in [-0.4, -0.2) is 29.9 Å². The minimum absolute atomic E-state index is 0.0140. The molecule has 118 valence electrons. The van der Waals surface area contributed by atoms with E-state index < -0.39 is 0 Å². The average Bonchev–Trinajstić information content (AvgIpc) is 2.49. The predicted molar refractivity (Wildman–Crippen MR) is 90.3 cm³/mol. The van der Waals surface area contributed by atoms with E-state index in [1.165, 1.54) is 0 Å². The minimum Gasteiger partial charge on any atom is -0.397 e. The molecule has 0 aliphatic heterocycles. The largest absolute Gasteiger partial charge is 0.397 e. The number of amides is 1. The third kappa shape index (κ3) is 5.76. The zero-order valence-electron chi connectivity index (χ0n) is 13.6. The number of nitrogens with two attached hydrogens (primary N) is 1. The van der Waals surface area contributed by atoms with Gasteiger partial charge in [-0.25, -0.2) is 0 Å². The third-order valence-corrected chi connectivity index (χ3v) is 3.74. The number of nitrogens with zero attached hydrogens (tertiary/aromatic N) is 1. The number of carbonyl (C=O) groups is 1. The van der Waals surface area contributed by atoms with Gasteiger partial charge in [0, 0.05) is 0 Å². The van der Waals surface area contributed by atoms with E-state index in [9.17, 15) is 4.79 Å². The Bertz CT molecular complexity index is 426. The van der Waals surface area contributed by atoms with Crippen LogP contribution in [0.2, 0.25) is 0 Å². The Morgan fingerprint density at radius 2 is 1.76 bits per heavy atom. The molecule has 0 aromatic heterocycles. The number of carbonyl (C=O) groups excluding carboxylic acids is 1. The Morgan fingerprint density at radius 1 is 1.19 bits per heavy atom. The van der Waals surface area contributed by atoms with Crippen molar-refractivity contribution in [3.8, 4) is 0 Å². The van der Waals surface area contributed by atoms with Crippen molar-refractivity contribution in [2.24, 2.45) is 0 Å². The summed E-state index contributed by atoms with van der Waals surface area (Å²) in [7, 11) is 0. The molecular weight excluding hydrogens is 262 g/mol. The highest BCUT2D eigenvalue weighted by atomic mass is 16.2. The van der Waals surface area contributed by atoms with E-state index >= 15 is 0 Å². The van der Waals surface area contributed by atoms with Crippen molar-refractivity contribution in [2.75, 3.05) is 24.1 Å². The lowest BCUT2D eigenvalue weighted by Crippen LogP contribution is -2.43. The average molecular weight is 291 g/mol. The molecule has 1 aromatic rings. The van der Waals surface area contributed by atoms with Crippen molar-refractivity contribution in [2.45, 2.75) is 52.5 Å². The highest BCUT2D eigenvalue weighted by molar-refractivity contribution is 5.97. The summed E-state index contributed by atoms with van der Waals surface area (Å²) in [6, 6.07) is 7.24. The molecule has 3 N–H and O–H groups in total. The van der Waals surface area contributed by atoms with Crippen LogP contribution >= 0.6 is 0 Å². The van der Waals surface area contributed by atoms with Crippen LogP contribution in [0.1, 0.15) is 46.5 Å². The lowest BCUT2D eigenvalue weighted by Gasteiger charge is -2.28. The van der Waals surface area contributed by atoms with Crippen molar-refractivity contribution in [1.82, 2.24) is 4.90 Å². The Hall–Kier alpha value is -1.55. The minimum atomic E-state index is -0.136. The van der Waals surface area contributed by atoms with Gasteiger partial charge >= 0.3 is 0 Å². The second kappa shape index (κ2) is 9.40. The zero-order valence-corrected chi connectivity index (χ0v) is 13.6. The van der Waals surface area contributed by atoms with E-state index in [2.05, 4.69) is 24.1 Å². The predicted octanol–water partition coefficient (Wildman–Crippen LogP) is 3.50. The SMILES string of the molecule is CCCCN(CCCC)C(C)C(=O)Nc1ccccc1N. The van der Waals surface area contributed by atoms with Crippen LogP contribution < -0.4 is 11.1 Å². The van der Waals surface area contributed by atoms with E-state index in [-0.39, 0.29) is 11.9 Å². The van der Waals surface area contributed by atoms with Gasteiger partial charge in [-0.15, -0.1) is 0 Å². The summed E-state index contributed by atoms with van der Waals surface area (Å²) in [4.78, 5) is 14.7. The van der Waals surface area contributed by atoms with E-state index in [0.717, 1.165) is 38.8 Å². The lowest BCUT2D eigenvalue weighted by molar-refractivity contribution is -0.120. The van der Waals surface area contributed by atoms with Crippen LogP contribution in [0, 0.1) is 0 Å². The number of unbranched alkanes of at least 4 members (excludes halogenated alkanes) is 2. The first-order valence-corrected chi connectivity index (χ1v) is 7.99. The number of nitrogens with one attached hydrogen (secondary N) is 1. The molecule has 0 fully saturated rings. The summed E-state index contributed by atoms with van der Waals surface area (Å²) < 4.78 is 0. The smallest absolute Gasteiger partial charge is 0.241 e. The Kier molecular flexibility index (Phi) is 7.83. The van der Waals surface area contributed by atoms with Crippen LogP contribution in [-0.2, 0) is 4.79 Å². The number of rotatable bonds is 9. The number of benzene rings is 1. The maximum absolute atomic E-state index is 12.4. The molecule has 0 aliphatic rings. The van der Waals surface area contributed by atoms with Crippen LogP contribution in [0.4, 0.5) is 11.4 Å². The van der Waals surface area contributed by atoms with Gasteiger partial charge in [-0.1, -0.05) is 38.8 Å². The van der Waals surface area contributed by atoms with Crippen molar-refractivity contribution in [3.63, 3.8) is 0 Å². The first-order chi connectivity index (χ1) is 10.1. The van der Waals surface area contributed by atoms with Gasteiger partial charge in [0.15, 0.2) is 0 Å². The van der Waals surface area contributed by atoms with Gasteiger partial charge in [0.1, 0.15) is 0 Å². The zero-order chi connectivity index (χ0) is 15.7. The Labute approximate surface area is 128 Å². The molecule has 1 unspecified atom stereocenters. The van der Waals surface area contributed by atoms with Gasteiger partial charge < -0.3 is 11.1 Å². The van der Waals surface area contributed by atoms with E-state index in [1.54, 1.807) is 6.07 Å². The van der Waals surface area contributed by atoms with E-state index in [1.807, 2.05) is 25.1 Å². The van der Waals surface area contributed by atoms with Gasteiger partial charge in [0.2, 0.25) is 5.91 Å². The molecule has 21 heavy (non-hydrogen) atoms. The summed E-state index contributed by atoms with van der Waals surface area (Å²) in [6.07, 6.45) is 4.52. The van der Waals surface area contributed by atoms with E-state index in [0.29, 0.717) is 11.4 Å². The monoisotopic (exact) mass is 291 g/mol. The molecule has 0 saturated heterocycles. The summed E-state index contributed by atoms with van der Waals surface area (Å²) in [5.41, 5.74) is 7.18. The maximum Gasteiger partial charge on any atom is 0.241 e.